The molecule has 1 aromatic carbocycles. The van der Waals surface area contributed by atoms with E-state index >= 15 is 0 Å². The van der Waals surface area contributed by atoms with Crippen LogP contribution in [0.5, 0.6) is 5.75 Å². The molecule has 1 fully saturated rings. The number of anilines is 1. The van der Waals surface area contributed by atoms with Crippen LogP contribution >= 0.6 is 0 Å². The standard InChI is InChI=1S/C18H18FNO4/c19-13-5-7-17(24-12-15-4-2-10-23-15)16(11-13)20-18(21)8-6-14-3-1-9-22-14/h1,3,5-9,11,15H,2,4,10,12H2,(H,20,21). The molecule has 126 valence electrons. The largest absolute Gasteiger partial charge is 0.489 e. The van der Waals surface area contributed by atoms with Crippen LogP contribution in [0.4, 0.5) is 10.1 Å². The highest BCUT2D eigenvalue weighted by molar-refractivity contribution is 6.02. The van der Waals surface area contributed by atoms with Gasteiger partial charge in [-0.15, -0.1) is 0 Å². The number of halogens is 1. The fourth-order valence-electron chi connectivity index (χ4n) is 2.40. The molecule has 24 heavy (non-hydrogen) atoms. The molecule has 2 aromatic rings. The first-order valence-electron chi connectivity index (χ1n) is 7.77. The summed E-state index contributed by atoms with van der Waals surface area (Å²) < 4.78 is 29.8. The van der Waals surface area contributed by atoms with Crippen LogP contribution in [0.25, 0.3) is 6.08 Å². The minimum atomic E-state index is -0.454. The van der Waals surface area contributed by atoms with Crippen LogP contribution in [0.15, 0.2) is 47.1 Å². The number of hydrogen-bond donors (Lipinski definition) is 1. The summed E-state index contributed by atoms with van der Waals surface area (Å²) in [5.41, 5.74) is 0.280. The second-order valence-electron chi connectivity index (χ2n) is 5.42. The Morgan fingerprint density at radius 1 is 1.42 bits per heavy atom. The molecule has 1 aromatic heterocycles. The van der Waals surface area contributed by atoms with Gasteiger partial charge in [0, 0.05) is 18.7 Å². The zero-order valence-corrected chi connectivity index (χ0v) is 13.0. The molecule has 1 amide bonds. The van der Waals surface area contributed by atoms with Crippen molar-refractivity contribution in [2.24, 2.45) is 0 Å². The van der Waals surface area contributed by atoms with E-state index in [0.717, 1.165) is 19.4 Å². The highest BCUT2D eigenvalue weighted by Crippen LogP contribution is 2.26. The number of benzene rings is 1. The van der Waals surface area contributed by atoms with Crippen molar-refractivity contribution in [1.29, 1.82) is 0 Å². The number of nitrogens with one attached hydrogen (secondary N) is 1. The fraction of sp³-hybridized carbons (Fsp3) is 0.278. The minimum absolute atomic E-state index is 0.0393. The normalized spacial score (nSPS) is 17.3. The van der Waals surface area contributed by atoms with Crippen molar-refractivity contribution in [1.82, 2.24) is 0 Å². The Bertz CT molecular complexity index is 706. The number of ether oxygens (including phenoxy) is 2. The molecule has 1 aliphatic rings. The first-order chi connectivity index (χ1) is 11.7. The SMILES string of the molecule is O=C(C=Cc1ccco1)Nc1cc(F)ccc1OCC1CCCO1. The molecule has 0 aliphatic carbocycles. The lowest BCUT2D eigenvalue weighted by Gasteiger charge is -2.14. The van der Waals surface area contributed by atoms with E-state index in [2.05, 4.69) is 5.32 Å². The summed E-state index contributed by atoms with van der Waals surface area (Å²) in [5.74, 6) is 0.106. The molecule has 0 bridgehead atoms. The lowest BCUT2D eigenvalue weighted by Crippen LogP contribution is -2.17. The molecule has 1 atom stereocenters. The molecular formula is C18H18FNO4. The number of hydrogen-bond acceptors (Lipinski definition) is 4. The van der Waals surface area contributed by atoms with Gasteiger partial charge in [0.05, 0.1) is 18.1 Å². The van der Waals surface area contributed by atoms with Crippen LogP contribution in [0, 0.1) is 5.82 Å². The fourth-order valence-corrected chi connectivity index (χ4v) is 2.40. The Kier molecular flexibility index (Phi) is 5.28. The second-order valence-corrected chi connectivity index (χ2v) is 5.42. The van der Waals surface area contributed by atoms with Gasteiger partial charge in [-0.3, -0.25) is 4.79 Å². The molecule has 1 saturated heterocycles. The van der Waals surface area contributed by atoms with Crippen molar-refractivity contribution in [2.45, 2.75) is 18.9 Å². The van der Waals surface area contributed by atoms with Crippen LogP contribution in [-0.4, -0.2) is 25.2 Å². The maximum Gasteiger partial charge on any atom is 0.248 e. The third kappa shape index (κ3) is 4.45. The maximum absolute atomic E-state index is 13.5. The van der Waals surface area contributed by atoms with Crippen LogP contribution in [0.2, 0.25) is 0 Å². The van der Waals surface area contributed by atoms with Crippen molar-refractivity contribution in [3.63, 3.8) is 0 Å². The monoisotopic (exact) mass is 331 g/mol. The highest BCUT2D eigenvalue weighted by atomic mass is 19.1. The van der Waals surface area contributed by atoms with Gasteiger partial charge in [-0.25, -0.2) is 4.39 Å². The summed E-state index contributed by atoms with van der Waals surface area (Å²) in [6.07, 6.45) is 6.35. The first kappa shape index (κ1) is 16.3. The van der Waals surface area contributed by atoms with Gasteiger partial charge in [-0.2, -0.15) is 0 Å². The van der Waals surface area contributed by atoms with Crippen molar-refractivity contribution < 1.29 is 23.1 Å². The summed E-state index contributed by atoms with van der Waals surface area (Å²) in [7, 11) is 0. The summed E-state index contributed by atoms with van der Waals surface area (Å²) in [6.45, 7) is 1.11. The lowest BCUT2D eigenvalue weighted by molar-refractivity contribution is -0.111. The van der Waals surface area contributed by atoms with Crippen LogP contribution in [-0.2, 0) is 9.53 Å². The van der Waals surface area contributed by atoms with E-state index in [-0.39, 0.29) is 11.8 Å². The van der Waals surface area contributed by atoms with E-state index < -0.39 is 11.7 Å². The Balaban J connectivity index is 1.64. The molecule has 2 heterocycles. The molecule has 1 aliphatic heterocycles. The van der Waals surface area contributed by atoms with E-state index in [1.54, 1.807) is 12.1 Å². The van der Waals surface area contributed by atoms with Gasteiger partial charge >= 0.3 is 0 Å². The van der Waals surface area contributed by atoms with Gasteiger partial charge in [0.25, 0.3) is 0 Å². The van der Waals surface area contributed by atoms with Gasteiger partial charge in [0.2, 0.25) is 5.91 Å². The number of furan rings is 1. The van der Waals surface area contributed by atoms with Gasteiger partial charge in [0.15, 0.2) is 0 Å². The average Bonchev–Trinajstić information content (AvgIpc) is 3.26. The predicted molar refractivity (Wildman–Crippen MR) is 87.2 cm³/mol. The highest BCUT2D eigenvalue weighted by Gasteiger charge is 2.17. The molecule has 1 unspecified atom stereocenters. The molecule has 1 N–H and O–H groups in total. The van der Waals surface area contributed by atoms with E-state index in [1.165, 1.54) is 36.6 Å². The molecule has 0 radical (unpaired) electrons. The molecule has 6 heteroatoms. The smallest absolute Gasteiger partial charge is 0.248 e. The number of carbonyl (C=O) groups excluding carboxylic acids is 1. The molecule has 5 nitrogen and oxygen atoms in total. The van der Waals surface area contributed by atoms with Gasteiger partial charge in [0.1, 0.15) is 23.9 Å². The Hall–Kier alpha value is -2.60. The zero-order valence-electron chi connectivity index (χ0n) is 13.0. The van der Waals surface area contributed by atoms with Gasteiger partial charge in [-0.1, -0.05) is 0 Å². The third-order valence-electron chi connectivity index (χ3n) is 3.59. The summed E-state index contributed by atoms with van der Waals surface area (Å²) in [4.78, 5) is 12.0. The predicted octanol–water partition coefficient (Wildman–Crippen LogP) is 3.63. The Morgan fingerprint density at radius 2 is 2.33 bits per heavy atom. The average molecular weight is 331 g/mol. The molecule has 0 saturated carbocycles. The van der Waals surface area contributed by atoms with Crippen LogP contribution < -0.4 is 10.1 Å². The molecular weight excluding hydrogens is 313 g/mol. The number of amides is 1. The molecule has 3 rings (SSSR count). The zero-order chi connectivity index (χ0) is 16.8. The van der Waals surface area contributed by atoms with Gasteiger partial charge < -0.3 is 19.2 Å². The molecule has 0 spiro atoms. The summed E-state index contributed by atoms with van der Waals surface area (Å²) >= 11 is 0. The van der Waals surface area contributed by atoms with Gasteiger partial charge in [-0.05, 0) is 43.2 Å². The van der Waals surface area contributed by atoms with Crippen LogP contribution in [0.3, 0.4) is 0 Å². The Labute approximate surface area is 139 Å². The van der Waals surface area contributed by atoms with E-state index in [9.17, 15) is 9.18 Å². The topological polar surface area (TPSA) is 60.7 Å². The van der Waals surface area contributed by atoms with E-state index in [1.807, 2.05) is 0 Å². The first-order valence-corrected chi connectivity index (χ1v) is 7.77. The minimum Gasteiger partial charge on any atom is -0.489 e. The van der Waals surface area contributed by atoms with Crippen LogP contribution in [0.1, 0.15) is 18.6 Å². The van der Waals surface area contributed by atoms with Crippen molar-refractivity contribution in [3.8, 4) is 5.75 Å². The van der Waals surface area contributed by atoms with E-state index in [4.69, 9.17) is 13.9 Å². The van der Waals surface area contributed by atoms with E-state index in [0.29, 0.717) is 18.1 Å². The quantitative estimate of drug-likeness (QED) is 0.821. The second kappa shape index (κ2) is 7.79. The third-order valence-corrected chi connectivity index (χ3v) is 3.59. The maximum atomic E-state index is 13.5. The van der Waals surface area contributed by atoms with Crippen molar-refractivity contribution in [2.75, 3.05) is 18.5 Å². The van der Waals surface area contributed by atoms with Crippen molar-refractivity contribution >= 4 is 17.7 Å². The number of carbonyl (C=O) groups is 1. The summed E-state index contributed by atoms with van der Waals surface area (Å²) in [6, 6.07) is 7.46. The lowest BCUT2D eigenvalue weighted by atomic mass is 10.2. The Morgan fingerprint density at radius 3 is 3.08 bits per heavy atom. The van der Waals surface area contributed by atoms with Crippen molar-refractivity contribution in [3.05, 3.63) is 54.2 Å². The summed E-state index contributed by atoms with van der Waals surface area (Å²) in [5, 5.41) is 2.62. The number of rotatable bonds is 6.